The highest BCUT2D eigenvalue weighted by atomic mass is 32.2. The van der Waals surface area contributed by atoms with Crippen LogP contribution in [0, 0.1) is 0 Å². The van der Waals surface area contributed by atoms with Crippen molar-refractivity contribution in [3.05, 3.63) is 12.7 Å². The van der Waals surface area contributed by atoms with Crippen molar-refractivity contribution in [2.45, 2.75) is 5.44 Å². The molecule has 0 fully saturated rings. The van der Waals surface area contributed by atoms with Crippen molar-refractivity contribution >= 4 is 23.7 Å². The molecular formula is C7H12O6S. The smallest absolute Gasteiger partial charge is 0.343 e. The van der Waals surface area contributed by atoms with Gasteiger partial charge in [0.05, 0.1) is 0 Å². The highest BCUT2D eigenvalue weighted by molar-refractivity contribution is 8.00. The van der Waals surface area contributed by atoms with Crippen molar-refractivity contribution in [2.75, 3.05) is 12.4 Å². The molecule has 0 aliphatic heterocycles. The normalized spacial score (nSPS) is 10.7. The molecule has 0 saturated heterocycles. The summed E-state index contributed by atoms with van der Waals surface area (Å²) in [6.07, 6.45) is 1.54. The number of aliphatic hydroxyl groups is 2. The van der Waals surface area contributed by atoms with Crippen LogP contribution < -0.4 is 0 Å². The first-order valence-electron chi connectivity index (χ1n) is 3.41. The number of hydrogen-bond donors (Lipinski definition) is 4. The van der Waals surface area contributed by atoms with E-state index in [0.29, 0.717) is 5.75 Å². The van der Waals surface area contributed by atoms with Crippen LogP contribution in [-0.2, 0) is 9.59 Å². The van der Waals surface area contributed by atoms with E-state index in [1.165, 1.54) is 6.08 Å². The number of carboxylic acids is 2. The highest BCUT2D eigenvalue weighted by Crippen LogP contribution is 2.06. The molecule has 0 radical (unpaired) electrons. The summed E-state index contributed by atoms with van der Waals surface area (Å²) in [5.74, 6) is -1.94. The summed E-state index contributed by atoms with van der Waals surface area (Å²) in [5, 5.41) is 31.7. The van der Waals surface area contributed by atoms with Crippen LogP contribution in [0.5, 0.6) is 0 Å². The Hall–Kier alpha value is -1.05. The Kier molecular flexibility index (Phi) is 11.1. The van der Waals surface area contributed by atoms with E-state index < -0.39 is 24.0 Å². The third-order valence-corrected chi connectivity index (χ3v) is 1.66. The zero-order chi connectivity index (χ0) is 11.6. The number of aliphatic carboxylic acids is 2. The third kappa shape index (κ3) is 13.5. The Bertz CT molecular complexity index is 193. The van der Waals surface area contributed by atoms with Crippen molar-refractivity contribution in [3.8, 4) is 0 Å². The topological polar surface area (TPSA) is 115 Å². The monoisotopic (exact) mass is 224 g/mol. The number of carbonyl (C=O) groups is 2. The van der Waals surface area contributed by atoms with Crippen LogP contribution in [-0.4, -0.2) is 50.2 Å². The molecule has 0 heterocycles. The first kappa shape index (κ1) is 15.4. The molecule has 7 heteroatoms. The van der Waals surface area contributed by atoms with Gasteiger partial charge in [-0.3, -0.25) is 0 Å². The molecule has 0 aliphatic carbocycles. The van der Waals surface area contributed by atoms with Gasteiger partial charge in [-0.2, -0.15) is 0 Å². The van der Waals surface area contributed by atoms with Gasteiger partial charge in [0.15, 0.2) is 5.44 Å². The second-order valence-corrected chi connectivity index (χ2v) is 2.98. The summed E-state index contributed by atoms with van der Waals surface area (Å²) in [6, 6.07) is 0. The second-order valence-electron chi connectivity index (χ2n) is 1.86. The molecule has 0 aromatic rings. The third-order valence-electron chi connectivity index (χ3n) is 0.718. The molecule has 0 aromatic carbocycles. The quantitative estimate of drug-likeness (QED) is 0.363. The first-order chi connectivity index (χ1) is 6.45. The lowest BCUT2D eigenvalue weighted by atomic mass is 10.7. The molecule has 0 bridgehead atoms. The molecule has 0 spiro atoms. The molecular weight excluding hydrogens is 212 g/mol. The Balaban J connectivity index is 0. The van der Waals surface area contributed by atoms with Gasteiger partial charge in [-0.1, -0.05) is 6.08 Å². The lowest BCUT2D eigenvalue weighted by Gasteiger charge is -1.99. The molecule has 82 valence electrons. The van der Waals surface area contributed by atoms with Crippen molar-refractivity contribution in [1.29, 1.82) is 0 Å². The van der Waals surface area contributed by atoms with Crippen molar-refractivity contribution < 1.29 is 30.0 Å². The number of thioether (sulfide) groups is 1. The van der Waals surface area contributed by atoms with E-state index in [-0.39, 0.29) is 0 Å². The summed E-state index contributed by atoms with van der Waals surface area (Å²) in [7, 11) is 0. The van der Waals surface area contributed by atoms with E-state index in [0.717, 1.165) is 11.8 Å². The maximum atomic E-state index is 9.90. The summed E-state index contributed by atoms with van der Waals surface area (Å²) in [5.41, 5.74) is -1.32. The van der Waals surface area contributed by atoms with Crippen LogP contribution in [0.4, 0.5) is 0 Å². The second kappa shape index (κ2) is 10.0. The Labute approximate surface area is 84.9 Å². The SMILES string of the molecule is C=CCSC(O)C(=O)O.O=C(O)CO. The van der Waals surface area contributed by atoms with Gasteiger partial charge in [0.1, 0.15) is 6.61 Å². The first-order valence-corrected chi connectivity index (χ1v) is 4.46. The molecule has 0 rings (SSSR count). The van der Waals surface area contributed by atoms with Crippen LogP contribution in [0.1, 0.15) is 0 Å². The Morgan fingerprint density at radius 2 is 1.86 bits per heavy atom. The van der Waals surface area contributed by atoms with E-state index in [9.17, 15) is 4.79 Å². The van der Waals surface area contributed by atoms with Crippen LogP contribution in [0.2, 0.25) is 0 Å². The average Bonchev–Trinajstić information content (AvgIpc) is 2.14. The van der Waals surface area contributed by atoms with Gasteiger partial charge in [0.25, 0.3) is 0 Å². The largest absolute Gasteiger partial charge is 0.480 e. The Morgan fingerprint density at radius 3 is 2.07 bits per heavy atom. The van der Waals surface area contributed by atoms with E-state index in [4.69, 9.17) is 25.2 Å². The molecule has 1 unspecified atom stereocenters. The molecule has 14 heavy (non-hydrogen) atoms. The molecule has 0 aromatic heterocycles. The van der Waals surface area contributed by atoms with E-state index in [1.54, 1.807) is 0 Å². The molecule has 4 N–H and O–H groups in total. The standard InChI is InChI=1S/C5H8O3S.C2H4O3/c1-2-3-9-5(8)4(6)7;3-1-2(4)5/h2,5,8H,1,3H2,(H,6,7);3H,1H2,(H,4,5). The summed E-state index contributed by atoms with van der Waals surface area (Å²) >= 11 is 0.922. The van der Waals surface area contributed by atoms with Gasteiger partial charge >= 0.3 is 11.9 Å². The molecule has 0 aliphatic rings. The van der Waals surface area contributed by atoms with E-state index in [2.05, 4.69) is 6.58 Å². The van der Waals surface area contributed by atoms with Gasteiger partial charge in [-0.25, -0.2) is 9.59 Å². The van der Waals surface area contributed by atoms with E-state index >= 15 is 0 Å². The van der Waals surface area contributed by atoms with Gasteiger partial charge in [0, 0.05) is 5.75 Å². The lowest BCUT2D eigenvalue weighted by molar-refractivity contribution is -0.142. The number of hydrogen-bond acceptors (Lipinski definition) is 5. The minimum Gasteiger partial charge on any atom is -0.480 e. The zero-order valence-corrected chi connectivity index (χ0v) is 8.11. The maximum absolute atomic E-state index is 9.90. The van der Waals surface area contributed by atoms with Crippen LogP contribution in [0.15, 0.2) is 12.7 Å². The molecule has 0 amide bonds. The van der Waals surface area contributed by atoms with Crippen molar-refractivity contribution in [1.82, 2.24) is 0 Å². The fourth-order valence-electron chi connectivity index (χ4n) is 0.230. The number of aliphatic hydroxyl groups excluding tert-OH is 2. The van der Waals surface area contributed by atoms with E-state index in [1.807, 2.05) is 0 Å². The summed E-state index contributed by atoms with van der Waals surface area (Å²) < 4.78 is 0. The molecule has 0 saturated carbocycles. The predicted octanol–water partition coefficient (Wildman–Crippen LogP) is -0.628. The summed E-state index contributed by atoms with van der Waals surface area (Å²) in [6.45, 7) is 2.59. The minimum atomic E-state index is -1.32. The number of rotatable bonds is 5. The van der Waals surface area contributed by atoms with Crippen molar-refractivity contribution in [2.24, 2.45) is 0 Å². The summed E-state index contributed by atoms with van der Waals surface area (Å²) in [4.78, 5) is 19.0. The fourth-order valence-corrected chi connectivity index (χ4v) is 0.691. The van der Waals surface area contributed by atoms with Gasteiger partial charge in [-0.05, 0) is 0 Å². The van der Waals surface area contributed by atoms with Crippen LogP contribution >= 0.6 is 11.8 Å². The van der Waals surface area contributed by atoms with Crippen LogP contribution in [0.25, 0.3) is 0 Å². The fraction of sp³-hybridized carbons (Fsp3) is 0.429. The Morgan fingerprint density at radius 1 is 1.43 bits per heavy atom. The average molecular weight is 224 g/mol. The highest BCUT2D eigenvalue weighted by Gasteiger charge is 2.10. The maximum Gasteiger partial charge on any atom is 0.343 e. The number of carboxylic acid groups (broad SMARTS) is 2. The zero-order valence-electron chi connectivity index (χ0n) is 7.29. The lowest BCUT2D eigenvalue weighted by Crippen LogP contribution is -2.14. The van der Waals surface area contributed by atoms with Crippen molar-refractivity contribution in [3.63, 3.8) is 0 Å². The molecule has 6 nitrogen and oxygen atoms in total. The van der Waals surface area contributed by atoms with Gasteiger partial charge in [0.2, 0.25) is 0 Å². The predicted molar refractivity (Wildman–Crippen MR) is 51.0 cm³/mol. The van der Waals surface area contributed by atoms with Gasteiger partial charge < -0.3 is 20.4 Å². The molecule has 1 atom stereocenters. The van der Waals surface area contributed by atoms with Crippen LogP contribution in [0.3, 0.4) is 0 Å². The van der Waals surface area contributed by atoms with Gasteiger partial charge in [-0.15, -0.1) is 18.3 Å². The minimum absolute atomic E-state index is 0.452.